The van der Waals surface area contributed by atoms with Gasteiger partial charge in [-0.25, -0.2) is 0 Å². The van der Waals surface area contributed by atoms with Crippen molar-refractivity contribution in [2.45, 2.75) is 6.10 Å². The van der Waals surface area contributed by atoms with Gasteiger partial charge in [-0.2, -0.15) is 0 Å². The molecule has 0 aromatic heterocycles. The molecule has 2 heterocycles. The van der Waals surface area contributed by atoms with E-state index in [0.717, 1.165) is 0 Å². The van der Waals surface area contributed by atoms with Crippen LogP contribution >= 0.6 is 0 Å². The number of hydrogen-bond acceptors (Lipinski definition) is 7. The minimum atomic E-state index is -0.854. The van der Waals surface area contributed by atoms with Gasteiger partial charge in [0.05, 0.1) is 32.3 Å². The Morgan fingerprint density at radius 1 is 0.800 bits per heavy atom. The highest BCUT2D eigenvalue weighted by molar-refractivity contribution is 5.99. The molecule has 0 spiro atoms. The Hall–Kier alpha value is -1.84. The molecule has 3 N–H and O–H groups in total. The minimum Gasteiger partial charge on any atom is -0.390 e. The summed E-state index contributed by atoms with van der Waals surface area (Å²) in [5.41, 5.74) is 0. The Morgan fingerprint density at radius 3 is 1.40 bits per heavy atom. The van der Waals surface area contributed by atoms with Crippen molar-refractivity contribution >= 4 is 23.6 Å². The largest absolute Gasteiger partial charge is 0.390 e. The summed E-state index contributed by atoms with van der Waals surface area (Å²) >= 11 is 0. The second-order valence-corrected chi connectivity index (χ2v) is 4.94. The SMILES string of the molecule is O=C1CN(CC(O)CN2CC(=O)NC(=O)C2)CC(=O)N1. The second kappa shape index (κ2) is 6.07. The fraction of sp³-hybridized carbons (Fsp3) is 0.636. The first-order valence-corrected chi connectivity index (χ1v) is 6.20. The monoisotopic (exact) mass is 284 g/mol. The van der Waals surface area contributed by atoms with Crippen LogP contribution in [0.4, 0.5) is 0 Å². The number of aliphatic hydroxyl groups excluding tert-OH is 1. The number of imide groups is 2. The molecule has 0 bridgehead atoms. The zero-order chi connectivity index (χ0) is 14.7. The van der Waals surface area contributed by atoms with E-state index in [1.54, 1.807) is 0 Å². The molecule has 2 aliphatic rings. The van der Waals surface area contributed by atoms with Crippen LogP contribution in [0.3, 0.4) is 0 Å². The molecule has 0 saturated carbocycles. The molecule has 0 atom stereocenters. The smallest absolute Gasteiger partial charge is 0.240 e. The van der Waals surface area contributed by atoms with E-state index in [1.807, 2.05) is 0 Å². The topological polar surface area (TPSA) is 119 Å². The molecule has 0 aliphatic carbocycles. The second-order valence-electron chi connectivity index (χ2n) is 4.94. The molecule has 0 unspecified atom stereocenters. The van der Waals surface area contributed by atoms with Gasteiger partial charge >= 0.3 is 0 Å². The quantitative estimate of drug-likeness (QED) is 0.454. The Morgan fingerprint density at radius 2 is 1.10 bits per heavy atom. The summed E-state index contributed by atoms with van der Waals surface area (Å²) in [5.74, 6) is -1.61. The average molecular weight is 284 g/mol. The van der Waals surface area contributed by atoms with E-state index in [2.05, 4.69) is 10.6 Å². The standard InChI is InChI=1S/C11H16N4O5/c16-7(1-14-3-8(17)12-9(18)4-14)2-15-5-10(19)13-11(20)6-15/h7,16H,1-6H2,(H,12,17,18)(H,13,19,20). The molecule has 2 saturated heterocycles. The van der Waals surface area contributed by atoms with E-state index in [-0.39, 0.29) is 39.3 Å². The van der Waals surface area contributed by atoms with Gasteiger partial charge in [0.2, 0.25) is 23.6 Å². The summed E-state index contributed by atoms with van der Waals surface area (Å²) < 4.78 is 0. The maximum atomic E-state index is 11.2. The van der Waals surface area contributed by atoms with Crippen molar-refractivity contribution in [3.8, 4) is 0 Å². The third kappa shape index (κ3) is 4.08. The van der Waals surface area contributed by atoms with Crippen LogP contribution in [-0.2, 0) is 19.2 Å². The van der Waals surface area contributed by atoms with Crippen LogP contribution in [-0.4, -0.2) is 83.9 Å². The van der Waals surface area contributed by atoms with Gasteiger partial charge in [-0.3, -0.25) is 39.6 Å². The number of β-amino-alcohol motifs (C(OH)–C–C–N with tert-alkyl or cyclic N) is 1. The van der Waals surface area contributed by atoms with Gasteiger partial charge < -0.3 is 5.11 Å². The fourth-order valence-corrected chi connectivity index (χ4v) is 2.31. The molecule has 2 aliphatic heterocycles. The van der Waals surface area contributed by atoms with Crippen LogP contribution in [0.5, 0.6) is 0 Å². The molecule has 0 aromatic rings. The predicted octanol–water partition coefficient (Wildman–Crippen LogP) is -3.74. The molecule has 9 heteroatoms. The maximum Gasteiger partial charge on any atom is 0.240 e. The first-order valence-electron chi connectivity index (χ1n) is 6.20. The Bertz CT molecular complexity index is 380. The van der Waals surface area contributed by atoms with E-state index >= 15 is 0 Å². The van der Waals surface area contributed by atoms with Crippen molar-refractivity contribution in [2.75, 3.05) is 39.3 Å². The lowest BCUT2D eigenvalue weighted by Crippen LogP contribution is -2.56. The number of rotatable bonds is 4. The highest BCUT2D eigenvalue weighted by Gasteiger charge is 2.27. The number of aliphatic hydroxyl groups is 1. The van der Waals surface area contributed by atoms with Gasteiger partial charge in [-0.05, 0) is 0 Å². The van der Waals surface area contributed by atoms with E-state index in [9.17, 15) is 24.3 Å². The molecular formula is C11H16N4O5. The number of nitrogens with zero attached hydrogens (tertiary/aromatic N) is 2. The molecule has 9 nitrogen and oxygen atoms in total. The summed E-state index contributed by atoms with van der Waals surface area (Å²) in [7, 11) is 0. The molecule has 110 valence electrons. The van der Waals surface area contributed by atoms with Crippen LogP contribution in [0.2, 0.25) is 0 Å². The van der Waals surface area contributed by atoms with Gasteiger partial charge in [0.25, 0.3) is 0 Å². The van der Waals surface area contributed by atoms with Crippen LogP contribution < -0.4 is 10.6 Å². The number of hydrogen-bond donors (Lipinski definition) is 3. The Kier molecular flexibility index (Phi) is 4.42. The highest BCUT2D eigenvalue weighted by Crippen LogP contribution is 2.01. The summed E-state index contributed by atoms with van der Waals surface area (Å²) in [5, 5.41) is 14.3. The van der Waals surface area contributed by atoms with Crippen LogP contribution in [0.25, 0.3) is 0 Å². The molecule has 20 heavy (non-hydrogen) atoms. The van der Waals surface area contributed by atoms with Crippen LogP contribution in [0.1, 0.15) is 0 Å². The zero-order valence-electron chi connectivity index (χ0n) is 10.8. The lowest BCUT2D eigenvalue weighted by Gasteiger charge is -2.31. The van der Waals surface area contributed by atoms with E-state index in [0.29, 0.717) is 0 Å². The van der Waals surface area contributed by atoms with Gasteiger partial charge in [0.15, 0.2) is 0 Å². The summed E-state index contributed by atoms with van der Waals surface area (Å²) in [6.07, 6.45) is -0.854. The molecular weight excluding hydrogens is 268 g/mol. The van der Waals surface area contributed by atoms with Crippen LogP contribution in [0.15, 0.2) is 0 Å². The average Bonchev–Trinajstić information content (AvgIpc) is 2.24. The fourth-order valence-electron chi connectivity index (χ4n) is 2.31. The third-order valence-electron chi connectivity index (χ3n) is 2.96. The van der Waals surface area contributed by atoms with E-state index < -0.39 is 29.7 Å². The Labute approximate surface area is 114 Å². The van der Waals surface area contributed by atoms with Gasteiger partial charge in [-0.15, -0.1) is 0 Å². The number of piperazine rings is 2. The van der Waals surface area contributed by atoms with Crippen molar-refractivity contribution in [3.63, 3.8) is 0 Å². The molecule has 2 fully saturated rings. The van der Waals surface area contributed by atoms with Crippen molar-refractivity contribution in [1.29, 1.82) is 0 Å². The van der Waals surface area contributed by atoms with Crippen molar-refractivity contribution in [3.05, 3.63) is 0 Å². The highest BCUT2D eigenvalue weighted by atomic mass is 16.3. The summed E-state index contributed by atoms with van der Waals surface area (Å²) in [6, 6.07) is 0. The Balaban J connectivity index is 1.81. The number of nitrogens with one attached hydrogen (secondary N) is 2. The van der Waals surface area contributed by atoms with Crippen molar-refractivity contribution in [2.24, 2.45) is 0 Å². The normalized spacial score (nSPS) is 22.1. The van der Waals surface area contributed by atoms with E-state index in [1.165, 1.54) is 9.80 Å². The molecule has 0 radical (unpaired) electrons. The van der Waals surface area contributed by atoms with Crippen molar-refractivity contribution < 1.29 is 24.3 Å². The maximum absolute atomic E-state index is 11.2. The summed E-state index contributed by atoms with van der Waals surface area (Å²) in [6.45, 7) is 0.436. The third-order valence-corrected chi connectivity index (χ3v) is 2.96. The summed E-state index contributed by atoms with van der Waals surface area (Å²) in [4.78, 5) is 47.8. The lowest BCUT2D eigenvalue weighted by atomic mass is 10.2. The predicted molar refractivity (Wildman–Crippen MR) is 65.2 cm³/mol. The van der Waals surface area contributed by atoms with Crippen LogP contribution in [0, 0.1) is 0 Å². The van der Waals surface area contributed by atoms with Gasteiger partial charge in [0.1, 0.15) is 0 Å². The van der Waals surface area contributed by atoms with Crippen molar-refractivity contribution in [1.82, 2.24) is 20.4 Å². The number of amides is 4. The number of carbonyl (C=O) groups excluding carboxylic acids is 4. The van der Waals surface area contributed by atoms with Gasteiger partial charge in [-0.1, -0.05) is 0 Å². The first-order chi connectivity index (χ1) is 9.42. The lowest BCUT2D eigenvalue weighted by molar-refractivity contribution is -0.137. The zero-order valence-corrected chi connectivity index (χ0v) is 10.8. The minimum absolute atomic E-state index is 0.0439. The molecule has 2 rings (SSSR count). The van der Waals surface area contributed by atoms with Gasteiger partial charge in [0, 0.05) is 13.1 Å². The molecule has 4 amide bonds. The molecule has 0 aromatic carbocycles. The first kappa shape index (κ1) is 14.6. The number of carbonyl (C=O) groups is 4. The van der Waals surface area contributed by atoms with E-state index in [4.69, 9.17) is 0 Å².